The summed E-state index contributed by atoms with van der Waals surface area (Å²) < 4.78 is 5.76. The lowest BCUT2D eigenvalue weighted by atomic mass is 9.47. The summed E-state index contributed by atoms with van der Waals surface area (Å²) in [6.07, 6.45) is 17.4. The highest BCUT2D eigenvalue weighted by Gasteiger charge is 2.54. The summed E-state index contributed by atoms with van der Waals surface area (Å²) in [4.78, 5) is 0. The molecule has 8 atom stereocenters. The molecule has 3 rings (SSSR count). The Bertz CT molecular complexity index is 618. The van der Waals surface area contributed by atoms with Crippen LogP contribution in [0.5, 0.6) is 0 Å². The molecule has 200 valence electrons. The van der Waals surface area contributed by atoms with E-state index < -0.39 is 0 Å². The molecule has 0 amide bonds. The number of allylic oxidation sites excluding steroid dienone is 3. The molecular formula is C33H62O. The van der Waals surface area contributed by atoms with Crippen molar-refractivity contribution in [2.24, 2.45) is 46.3 Å². The van der Waals surface area contributed by atoms with Gasteiger partial charge in [0.2, 0.25) is 0 Å². The van der Waals surface area contributed by atoms with Crippen LogP contribution in [0, 0.1) is 46.3 Å². The van der Waals surface area contributed by atoms with Gasteiger partial charge in [0.15, 0.2) is 0 Å². The third-order valence-electron chi connectivity index (χ3n) is 10.1. The van der Waals surface area contributed by atoms with E-state index in [2.05, 4.69) is 60.3 Å². The normalized spacial score (nSPS) is 36.4. The van der Waals surface area contributed by atoms with Gasteiger partial charge in [-0.25, -0.2) is 0 Å². The first-order valence-corrected chi connectivity index (χ1v) is 15.0. The van der Waals surface area contributed by atoms with E-state index in [4.69, 9.17) is 4.74 Å². The SMILES string of the molecule is C=CC(C(C)CCCC(C)C)C1(C)CC=C2C(CCC3CC(OC)CCC23C)C1C.CC.CC. The van der Waals surface area contributed by atoms with Crippen molar-refractivity contribution in [3.63, 3.8) is 0 Å². The average Bonchev–Trinajstić information content (AvgIpc) is 2.83. The first-order valence-electron chi connectivity index (χ1n) is 15.0. The van der Waals surface area contributed by atoms with Gasteiger partial charge >= 0.3 is 0 Å². The highest BCUT2D eigenvalue weighted by Crippen LogP contribution is 2.62. The minimum Gasteiger partial charge on any atom is -0.381 e. The van der Waals surface area contributed by atoms with E-state index >= 15 is 0 Å². The van der Waals surface area contributed by atoms with Crippen molar-refractivity contribution in [3.8, 4) is 0 Å². The zero-order chi connectivity index (χ0) is 26.1. The zero-order valence-electron chi connectivity index (χ0n) is 25.2. The molecule has 0 aromatic heterocycles. The second kappa shape index (κ2) is 14.2. The van der Waals surface area contributed by atoms with Crippen molar-refractivity contribution >= 4 is 0 Å². The van der Waals surface area contributed by atoms with Gasteiger partial charge in [-0.15, -0.1) is 6.58 Å². The van der Waals surface area contributed by atoms with Crippen LogP contribution in [0.25, 0.3) is 0 Å². The molecule has 8 unspecified atom stereocenters. The molecule has 0 aliphatic heterocycles. The Balaban J connectivity index is 0.00000137. The Kier molecular flexibility index (Phi) is 13.2. The van der Waals surface area contributed by atoms with Crippen molar-refractivity contribution in [1.29, 1.82) is 0 Å². The predicted octanol–water partition coefficient (Wildman–Crippen LogP) is 10.5. The van der Waals surface area contributed by atoms with E-state index in [-0.39, 0.29) is 0 Å². The minimum absolute atomic E-state index is 0.347. The minimum atomic E-state index is 0.347. The van der Waals surface area contributed by atoms with E-state index in [1.54, 1.807) is 0 Å². The molecule has 0 spiro atoms. The van der Waals surface area contributed by atoms with Gasteiger partial charge in [0.1, 0.15) is 0 Å². The van der Waals surface area contributed by atoms with Gasteiger partial charge in [0.25, 0.3) is 0 Å². The number of fused-ring (bicyclic) bond motifs is 3. The van der Waals surface area contributed by atoms with Gasteiger partial charge in [-0.3, -0.25) is 0 Å². The van der Waals surface area contributed by atoms with Crippen LogP contribution >= 0.6 is 0 Å². The maximum Gasteiger partial charge on any atom is 0.0574 e. The fourth-order valence-electron chi connectivity index (χ4n) is 7.85. The van der Waals surface area contributed by atoms with Crippen LogP contribution in [0.4, 0.5) is 0 Å². The molecule has 3 aliphatic carbocycles. The maximum atomic E-state index is 5.76. The highest BCUT2D eigenvalue weighted by molar-refractivity contribution is 5.28. The van der Waals surface area contributed by atoms with Crippen molar-refractivity contribution < 1.29 is 4.74 Å². The molecule has 0 aromatic rings. The number of methoxy groups -OCH3 is 1. The van der Waals surface area contributed by atoms with Crippen LogP contribution < -0.4 is 0 Å². The van der Waals surface area contributed by atoms with Crippen LogP contribution in [0.3, 0.4) is 0 Å². The Morgan fingerprint density at radius 2 is 1.71 bits per heavy atom. The van der Waals surface area contributed by atoms with Crippen molar-refractivity contribution in [1.82, 2.24) is 0 Å². The van der Waals surface area contributed by atoms with E-state index in [1.807, 2.05) is 40.4 Å². The molecule has 2 fully saturated rings. The third kappa shape index (κ3) is 6.60. The fourth-order valence-corrected chi connectivity index (χ4v) is 7.85. The van der Waals surface area contributed by atoms with Crippen molar-refractivity contribution in [3.05, 3.63) is 24.3 Å². The summed E-state index contributed by atoms with van der Waals surface area (Å²) in [5.41, 5.74) is 2.59. The summed E-state index contributed by atoms with van der Waals surface area (Å²) in [7, 11) is 1.91. The third-order valence-corrected chi connectivity index (χ3v) is 10.1. The molecule has 2 saturated carbocycles. The monoisotopic (exact) mass is 474 g/mol. The first kappa shape index (κ1) is 31.5. The number of hydrogen-bond acceptors (Lipinski definition) is 1. The molecule has 0 bridgehead atoms. The van der Waals surface area contributed by atoms with Gasteiger partial charge in [-0.05, 0) is 84.9 Å². The smallest absolute Gasteiger partial charge is 0.0574 e. The van der Waals surface area contributed by atoms with E-state index in [9.17, 15) is 0 Å². The molecular weight excluding hydrogens is 412 g/mol. The van der Waals surface area contributed by atoms with Gasteiger partial charge in [0.05, 0.1) is 6.10 Å². The maximum absolute atomic E-state index is 5.76. The van der Waals surface area contributed by atoms with Crippen LogP contribution in [-0.2, 0) is 4.74 Å². The van der Waals surface area contributed by atoms with Crippen molar-refractivity contribution in [2.45, 2.75) is 133 Å². The molecule has 0 heterocycles. The van der Waals surface area contributed by atoms with E-state index in [0.29, 0.717) is 22.9 Å². The second-order valence-electron chi connectivity index (χ2n) is 12.2. The Morgan fingerprint density at radius 3 is 2.26 bits per heavy atom. The van der Waals surface area contributed by atoms with Gasteiger partial charge in [-0.1, -0.05) is 106 Å². The lowest BCUT2D eigenvalue weighted by Crippen LogP contribution is -2.50. The van der Waals surface area contributed by atoms with Crippen LogP contribution in [0.15, 0.2) is 24.3 Å². The van der Waals surface area contributed by atoms with E-state index in [0.717, 1.165) is 29.6 Å². The zero-order valence-corrected chi connectivity index (χ0v) is 25.2. The fraction of sp³-hybridized carbons (Fsp3) is 0.879. The molecule has 3 aliphatic rings. The first-order chi connectivity index (χ1) is 16.2. The lowest BCUT2D eigenvalue weighted by Gasteiger charge is -2.58. The second-order valence-corrected chi connectivity index (χ2v) is 12.2. The summed E-state index contributed by atoms with van der Waals surface area (Å²) in [5, 5.41) is 0. The molecule has 1 heteroatoms. The van der Waals surface area contributed by atoms with Crippen LogP contribution in [0.2, 0.25) is 0 Å². The van der Waals surface area contributed by atoms with Crippen LogP contribution in [-0.4, -0.2) is 13.2 Å². The topological polar surface area (TPSA) is 9.23 Å². The standard InChI is InChI=1S/C29H50O.2C2H6/c1-9-26(21(4)12-10-11-20(2)3)28(6)18-16-27-25(22(28)5)14-13-23-19-24(30-8)15-17-29(23,27)7;2*1-2/h9,16,20-26H,1,10-15,17-19H2,2-8H3;2*1-2H3. The van der Waals surface area contributed by atoms with Gasteiger partial charge in [-0.2, -0.15) is 0 Å². The summed E-state index contributed by atoms with van der Waals surface area (Å²) >= 11 is 0. The Labute approximate surface area is 215 Å². The summed E-state index contributed by atoms with van der Waals surface area (Å²) in [5.74, 6) is 4.50. The molecule has 0 aromatic carbocycles. The van der Waals surface area contributed by atoms with Gasteiger partial charge in [0, 0.05) is 7.11 Å². The molecule has 0 N–H and O–H groups in total. The Morgan fingerprint density at radius 1 is 1.06 bits per heavy atom. The predicted molar refractivity (Wildman–Crippen MR) is 153 cm³/mol. The van der Waals surface area contributed by atoms with E-state index in [1.165, 1.54) is 57.8 Å². The number of rotatable bonds is 8. The van der Waals surface area contributed by atoms with Crippen LogP contribution in [0.1, 0.15) is 127 Å². The summed E-state index contributed by atoms with van der Waals surface area (Å²) in [6.45, 7) is 27.3. The molecule has 1 nitrogen and oxygen atoms in total. The highest BCUT2D eigenvalue weighted by atomic mass is 16.5. The summed E-state index contributed by atoms with van der Waals surface area (Å²) in [6, 6.07) is 0. The molecule has 34 heavy (non-hydrogen) atoms. The molecule has 0 saturated heterocycles. The molecule has 0 radical (unpaired) electrons. The Hall–Kier alpha value is -0.560. The lowest BCUT2D eigenvalue weighted by molar-refractivity contribution is -0.0351. The number of ether oxygens (including phenoxy) is 1. The average molecular weight is 475 g/mol. The quantitative estimate of drug-likeness (QED) is 0.318. The van der Waals surface area contributed by atoms with Crippen molar-refractivity contribution in [2.75, 3.05) is 7.11 Å². The number of hydrogen-bond donors (Lipinski definition) is 0. The van der Waals surface area contributed by atoms with Gasteiger partial charge < -0.3 is 4.74 Å². The largest absolute Gasteiger partial charge is 0.381 e.